The minimum Gasteiger partial charge on any atom is -0.249 e. The Bertz CT molecular complexity index is 1390. The summed E-state index contributed by atoms with van der Waals surface area (Å²) in [5, 5.41) is -3.84. The molecule has 3 aromatic carbocycles. The maximum Gasteiger partial charge on any atom is 0.200 e. The van der Waals surface area contributed by atoms with E-state index in [9.17, 15) is 39.5 Å². The van der Waals surface area contributed by atoms with Crippen molar-refractivity contribution in [3.05, 3.63) is 87.3 Å². The van der Waals surface area contributed by atoms with Gasteiger partial charge in [0.15, 0.2) is 52.4 Å². The molecular formula is C26H18BF15P-. The maximum atomic E-state index is 15.8. The van der Waals surface area contributed by atoms with Gasteiger partial charge in [-0.25, -0.2) is 73.7 Å². The lowest BCUT2D eigenvalue weighted by Gasteiger charge is -2.61. The average Bonchev–Trinajstić information content (AvgIpc) is 2.89. The van der Waals surface area contributed by atoms with Gasteiger partial charge in [0.25, 0.3) is 0 Å². The first-order chi connectivity index (χ1) is 19.4. The topological polar surface area (TPSA) is 0 Å². The molecule has 3 rings (SSSR count). The Hall–Kier alpha value is -2.90. The molecule has 43 heavy (non-hydrogen) atoms. The lowest BCUT2D eigenvalue weighted by Crippen LogP contribution is -2.74. The van der Waals surface area contributed by atoms with Crippen molar-refractivity contribution in [3.8, 4) is 0 Å². The van der Waals surface area contributed by atoms with E-state index in [1.165, 1.54) is 0 Å². The quantitative estimate of drug-likeness (QED) is 0.0884. The van der Waals surface area contributed by atoms with E-state index in [0.29, 0.717) is 0 Å². The summed E-state index contributed by atoms with van der Waals surface area (Å²) < 4.78 is 226. The van der Waals surface area contributed by atoms with E-state index in [4.69, 9.17) is 0 Å². The van der Waals surface area contributed by atoms with Crippen LogP contribution in [0.3, 0.4) is 0 Å². The molecule has 0 spiro atoms. The average molecular weight is 657 g/mol. The van der Waals surface area contributed by atoms with Crippen molar-refractivity contribution in [1.82, 2.24) is 0 Å². The second-order valence-corrected chi connectivity index (χ2v) is 15.7. The third kappa shape index (κ3) is 4.87. The highest BCUT2D eigenvalue weighted by atomic mass is 31.1. The van der Waals surface area contributed by atoms with Gasteiger partial charge in [-0.1, -0.05) is 51.9 Å². The predicted molar refractivity (Wildman–Crippen MR) is 130 cm³/mol. The molecule has 0 amide bonds. The molecule has 0 aliphatic heterocycles. The Balaban J connectivity index is 3.11. The summed E-state index contributed by atoms with van der Waals surface area (Å²) in [6, 6.07) is 0. The van der Waals surface area contributed by atoms with Gasteiger partial charge in [-0.05, 0) is 0 Å². The van der Waals surface area contributed by atoms with Crippen LogP contribution in [-0.2, 0) is 0 Å². The van der Waals surface area contributed by atoms with Crippen LogP contribution < -0.4 is 16.4 Å². The van der Waals surface area contributed by atoms with Crippen LogP contribution in [0.1, 0.15) is 41.5 Å². The molecule has 17 heteroatoms. The minimum atomic E-state index is -5.61. The Labute approximate surface area is 235 Å². The van der Waals surface area contributed by atoms with Crippen LogP contribution in [0.4, 0.5) is 65.9 Å². The zero-order chi connectivity index (χ0) is 33.5. The monoisotopic (exact) mass is 657 g/mol. The molecule has 0 atom stereocenters. The molecule has 236 valence electrons. The van der Waals surface area contributed by atoms with Crippen LogP contribution >= 0.6 is 7.80 Å². The third-order valence-corrected chi connectivity index (χ3v) is 11.3. The molecule has 3 aromatic rings. The zero-order valence-electron chi connectivity index (χ0n) is 22.7. The van der Waals surface area contributed by atoms with Crippen LogP contribution in [0, 0.1) is 87.3 Å². The van der Waals surface area contributed by atoms with Gasteiger partial charge in [0.2, 0.25) is 0 Å². The van der Waals surface area contributed by atoms with E-state index in [1.54, 1.807) is 0 Å². The number of halogens is 15. The molecule has 0 unspecified atom stereocenters. The molecule has 0 saturated heterocycles. The third-order valence-electron chi connectivity index (χ3n) is 6.82. The molecule has 0 aliphatic rings. The summed E-state index contributed by atoms with van der Waals surface area (Å²) in [6.45, 7) is 6.19. The van der Waals surface area contributed by atoms with Crippen LogP contribution in [0.15, 0.2) is 0 Å². The van der Waals surface area contributed by atoms with E-state index in [0.717, 1.165) is 41.5 Å². The molecule has 0 heterocycles. The van der Waals surface area contributed by atoms with Crippen LogP contribution in [0.5, 0.6) is 0 Å². The minimum absolute atomic E-state index is 1.03. The number of hydrogen-bond acceptors (Lipinski definition) is 0. The number of hydrogen-bond donors (Lipinski definition) is 0. The molecular weight excluding hydrogens is 639 g/mol. The Kier molecular flexibility index (Phi) is 8.79. The second kappa shape index (κ2) is 10.9. The van der Waals surface area contributed by atoms with E-state index >= 15 is 26.3 Å². The predicted octanol–water partition coefficient (Wildman–Crippen LogP) is 7.82. The van der Waals surface area contributed by atoms with Gasteiger partial charge in [0.05, 0.1) is 0 Å². The van der Waals surface area contributed by atoms with Crippen molar-refractivity contribution in [1.29, 1.82) is 0 Å². The van der Waals surface area contributed by atoms with Crippen LogP contribution in [0.25, 0.3) is 0 Å². The molecule has 0 nitrogen and oxygen atoms in total. The first kappa shape index (κ1) is 34.6. The van der Waals surface area contributed by atoms with Gasteiger partial charge in [-0.3, -0.25) is 0 Å². The fraction of sp³-hybridized carbons (Fsp3) is 0.308. The second-order valence-electron chi connectivity index (χ2n) is 11.5. The van der Waals surface area contributed by atoms with Gasteiger partial charge < -0.3 is 0 Å². The fourth-order valence-electron chi connectivity index (χ4n) is 5.95. The normalized spacial score (nSPS) is 13.0. The molecule has 0 N–H and O–H groups in total. The van der Waals surface area contributed by atoms with Crippen molar-refractivity contribution in [2.24, 2.45) is 0 Å². The molecule has 0 radical (unpaired) electrons. The van der Waals surface area contributed by atoms with Gasteiger partial charge >= 0.3 is 0 Å². The van der Waals surface area contributed by atoms with E-state index in [1.807, 2.05) is 0 Å². The van der Waals surface area contributed by atoms with Gasteiger partial charge in [0.1, 0.15) is 40.8 Å². The lowest BCUT2D eigenvalue weighted by molar-refractivity contribution is 0.380. The summed E-state index contributed by atoms with van der Waals surface area (Å²) in [5.41, 5.74) is -7.67. The van der Waals surface area contributed by atoms with Crippen molar-refractivity contribution >= 4 is 30.1 Å². The van der Waals surface area contributed by atoms with Crippen molar-refractivity contribution < 1.29 is 65.9 Å². The van der Waals surface area contributed by atoms with E-state index in [-0.39, 0.29) is 0 Å². The van der Waals surface area contributed by atoms with Crippen LogP contribution in [-0.4, -0.2) is 16.2 Å². The highest BCUT2D eigenvalue weighted by molar-refractivity contribution is 8.03. The van der Waals surface area contributed by atoms with Crippen molar-refractivity contribution in [2.75, 3.05) is 0 Å². The molecule has 0 aromatic heterocycles. The highest BCUT2D eigenvalue weighted by Crippen LogP contribution is 2.65. The van der Waals surface area contributed by atoms with Gasteiger partial charge in [0, 0.05) is 0 Å². The van der Waals surface area contributed by atoms with E-state index in [2.05, 4.69) is 0 Å². The zero-order valence-corrected chi connectivity index (χ0v) is 23.6. The standard InChI is InChI=1S/C26H18BF15P/c1-25(2,3)43(26(4,5)6)27(7-10(28)16(34)22(40)17(35)11(7)29,8-12(30)18(36)23(41)19(37)13(8)31)9-14(32)20(38)24(42)21(39)15(9)33/h1-6H3/q-1. The van der Waals surface area contributed by atoms with E-state index < -0.39 is 128 Å². The fourth-order valence-corrected chi connectivity index (χ4v) is 11.7. The smallest absolute Gasteiger partial charge is 0.200 e. The lowest BCUT2D eigenvalue weighted by atomic mass is 9.33. The van der Waals surface area contributed by atoms with Gasteiger partial charge in [-0.2, -0.15) is 0 Å². The van der Waals surface area contributed by atoms with Gasteiger partial charge in [-0.15, -0.1) is 16.4 Å². The first-order valence-electron chi connectivity index (χ1n) is 11.9. The van der Waals surface area contributed by atoms with Crippen LogP contribution in [0.2, 0.25) is 0 Å². The highest BCUT2D eigenvalue weighted by Gasteiger charge is 2.56. The summed E-state index contributed by atoms with van der Waals surface area (Å²) in [5.74, 6) is -50.3. The molecule has 0 fully saturated rings. The molecule has 0 bridgehead atoms. The summed E-state index contributed by atoms with van der Waals surface area (Å²) in [6.07, 6.45) is 0. The Morgan fingerprint density at radius 2 is 0.442 bits per heavy atom. The summed E-state index contributed by atoms with van der Waals surface area (Å²) in [4.78, 5) is 0. The Morgan fingerprint density at radius 3 is 0.581 bits per heavy atom. The Morgan fingerprint density at radius 1 is 0.302 bits per heavy atom. The largest absolute Gasteiger partial charge is 0.249 e. The SMILES string of the molecule is CC(C)(C)P([B-](c1c(F)c(F)c(F)c(F)c1F)(c1c(F)c(F)c(F)c(F)c1F)c1c(F)c(F)c(F)c(F)c1F)C(C)(C)C. The maximum absolute atomic E-state index is 15.8. The number of benzene rings is 3. The molecule has 0 saturated carbocycles. The summed E-state index contributed by atoms with van der Waals surface area (Å²) >= 11 is 0. The van der Waals surface area contributed by atoms with Crippen molar-refractivity contribution in [2.45, 2.75) is 51.9 Å². The number of rotatable bonds is 4. The molecule has 0 aliphatic carbocycles. The summed E-state index contributed by atoms with van der Waals surface area (Å²) in [7, 11) is -3.46. The first-order valence-corrected chi connectivity index (χ1v) is 13.3. The van der Waals surface area contributed by atoms with Crippen molar-refractivity contribution in [3.63, 3.8) is 0 Å².